The first-order valence-electron chi connectivity index (χ1n) is 8.38. The lowest BCUT2D eigenvalue weighted by molar-refractivity contribution is -0.394. The van der Waals surface area contributed by atoms with Gasteiger partial charge < -0.3 is 4.90 Å². The topological polar surface area (TPSA) is 107 Å². The first kappa shape index (κ1) is 21.6. The standard InChI is InChI=1S/C18H17Cl2N3O5/c1-3-21(4-2)18(24)16(17-13(19)6-5-7-14(17)20)12-9-8-11(22(25)26)10-15(12)23(27)28/h5-10,16H,3-4H2,1-2H3. The van der Waals surface area contributed by atoms with Crippen molar-refractivity contribution in [1.82, 2.24) is 4.90 Å². The summed E-state index contributed by atoms with van der Waals surface area (Å²) in [6.45, 7) is 4.29. The van der Waals surface area contributed by atoms with E-state index in [0.29, 0.717) is 13.1 Å². The lowest BCUT2D eigenvalue weighted by atomic mass is 9.88. The molecule has 2 rings (SSSR count). The summed E-state index contributed by atoms with van der Waals surface area (Å²) in [5.74, 6) is -1.61. The van der Waals surface area contributed by atoms with Gasteiger partial charge in [-0.15, -0.1) is 0 Å². The molecule has 8 nitrogen and oxygen atoms in total. The zero-order valence-corrected chi connectivity index (χ0v) is 16.6. The fourth-order valence-corrected chi connectivity index (χ4v) is 3.58. The van der Waals surface area contributed by atoms with Gasteiger partial charge >= 0.3 is 0 Å². The number of halogens is 2. The molecule has 0 fully saturated rings. The number of carbonyl (C=O) groups excluding carboxylic acids is 1. The third-order valence-corrected chi connectivity index (χ3v) is 5.00. The van der Waals surface area contributed by atoms with Crippen molar-refractivity contribution in [2.45, 2.75) is 19.8 Å². The van der Waals surface area contributed by atoms with Crippen molar-refractivity contribution in [3.63, 3.8) is 0 Å². The number of hydrogen-bond donors (Lipinski definition) is 0. The van der Waals surface area contributed by atoms with Crippen molar-refractivity contribution in [2.24, 2.45) is 0 Å². The molecule has 1 atom stereocenters. The van der Waals surface area contributed by atoms with Crippen LogP contribution < -0.4 is 0 Å². The molecule has 0 spiro atoms. The maximum atomic E-state index is 13.3. The predicted octanol–water partition coefficient (Wildman–Crippen LogP) is 4.81. The van der Waals surface area contributed by atoms with E-state index < -0.39 is 33.0 Å². The van der Waals surface area contributed by atoms with Crippen molar-refractivity contribution in [1.29, 1.82) is 0 Å². The molecule has 28 heavy (non-hydrogen) atoms. The van der Waals surface area contributed by atoms with Gasteiger partial charge in [0.1, 0.15) is 0 Å². The van der Waals surface area contributed by atoms with Gasteiger partial charge in [0.2, 0.25) is 5.91 Å². The number of carbonyl (C=O) groups is 1. The molecule has 10 heteroatoms. The molecule has 0 saturated heterocycles. The van der Waals surface area contributed by atoms with Crippen LogP contribution in [0.15, 0.2) is 36.4 Å². The van der Waals surface area contributed by atoms with E-state index in [1.165, 1.54) is 23.1 Å². The van der Waals surface area contributed by atoms with Crippen molar-refractivity contribution < 1.29 is 14.6 Å². The van der Waals surface area contributed by atoms with Crippen LogP contribution in [0.4, 0.5) is 11.4 Å². The largest absolute Gasteiger partial charge is 0.342 e. The summed E-state index contributed by atoms with van der Waals surface area (Å²) in [7, 11) is 0. The summed E-state index contributed by atoms with van der Waals surface area (Å²) in [6, 6.07) is 7.82. The molecule has 0 saturated carbocycles. The van der Waals surface area contributed by atoms with Crippen LogP contribution in [0.25, 0.3) is 0 Å². The van der Waals surface area contributed by atoms with Crippen LogP contribution in [-0.4, -0.2) is 33.7 Å². The molecule has 0 aliphatic rings. The minimum absolute atomic E-state index is 0.0116. The second-order valence-electron chi connectivity index (χ2n) is 5.84. The Labute approximate surface area is 171 Å². The van der Waals surface area contributed by atoms with Crippen molar-refractivity contribution in [2.75, 3.05) is 13.1 Å². The van der Waals surface area contributed by atoms with Crippen LogP contribution in [0.1, 0.15) is 30.9 Å². The molecule has 0 N–H and O–H groups in total. The van der Waals surface area contributed by atoms with Gasteiger partial charge in [-0.2, -0.15) is 0 Å². The minimum atomic E-state index is -1.18. The van der Waals surface area contributed by atoms with Gasteiger partial charge in [-0.1, -0.05) is 29.3 Å². The Morgan fingerprint density at radius 3 is 2.07 bits per heavy atom. The lowest BCUT2D eigenvalue weighted by Crippen LogP contribution is -2.35. The quantitative estimate of drug-likeness (QED) is 0.467. The molecule has 148 valence electrons. The molecule has 0 heterocycles. The molecule has 2 aromatic carbocycles. The average molecular weight is 426 g/mol. The molecule has 1 amide bonds. The highest BCUT2D eigenvalue weighted by Crippen LogP contribution is 2.41. The molecular formula is C18H17Cl2N3O5. The average Bonchev–Trinajstić information content (AvgIpc) is 2.65. The summed E-state index contributed by atoms with van der Waals surface area (Å²) in [4.78, 5) is 35.9. The van der Waals surface area contributed by atoms with Crippen molar-refractivity contribution in [3.05, 3.63) is 77.8 Å². The number of amides is 1. The monoisotopic (exact) mass is 425 g/mol. The third kappa shape index (κ3) is 4.23. The van der Waals surface area contributed by atoms with E-state index in [1.807, 2.05) is 0 Å². The Bertz CT molecular complexity index is 911. The Morgan fingerprint density at radius 1 is 1.04 bits per heavy atom. The summed E-state index contributed by atoms with van der Waals surface area (Å²) in [6.07, 6.45) is 0. The number of benzene rings is 2. The first-order valence-corrected chi connectivity index (χ1v) is 9.13. The zero-order valence-electron chi connectivity index (χ0n) is 15.1. The van der Waals surface area contributed by atoms with Crippen LogP contribution in [0.3, 0.4) is 0 Å². The van der Waals surface area contributed by atoms with Gasteiger partial charge in [0, 0.05) is 40.3 Å². The summed E-state index contributed by atoms with van der Waals surface area (Å²) in [5, 5.41) is 23.0. The van der Waals surface area contributed by atoms with Crippen LogP contribution in [0.5, 0.6) is 0 Å². The molecular weight excluding hydrogens is 409 g/mol. The number of nitrogens with zero attached hydrogens (tertiary/aromatic N) is 3. The van der Waals surface area contributed by atoms with E-state index >= 15 is 0 Å². The van der Waals surface area contributed by atoms with Crippen LogP contribution in [-0.2, 0) is 4.79 Å². The van der Waals surface area contributed by atoms with E-state index in [0.717, 1.165) is 12.1 Å². The number of nitro groups is 2. The number of non-ortho nitro benzene ring substituents is 1. The van der Waals surface area contributed by atoms with Gasteiger partial charge in [-0.05, 0) is 32.0 Å². The summed E-state index contributed by atoms with van der Waals surface area (Å²) < 4.78 is 0. The van der Waals surface area contributed by atoms with Crippen molar-refractivity contribution in [3.8, 4) is 0 Å². The van der Waals surface area contributed by atoms with Crippen LogP contribution in [0.2, 0.25) is 10.0 Å². The summed E-state index contributed by atoms with van der Waals surface area (Å²) >= 11 is 12.6. The Kier molecular flexibility index (Phi) is 6.93. The number of rotatable bonds is 7. The van der Waals surface area contributed by atoms with Crippen LogP contribution in [0, 0.1) is 20.2 Å². The molecule has 0 aromatic heterocycles. The van der Waals surface area contributed by atoms with Gasteiger partial charge in [-0.3, -0.25) is 25.0 Å². The fraction of sp³-hybridized carbons (Fsp3) is 0.278. The van der Waals surface area contributed by atoms with E-state index in [9.17, 15) is 25.0 Å². The van der Waals surface area contributed by atoms with Crippen molar-refractivity contribution >= 4 is 40.5 Å². The van der Waals surface area contributed by atoms with E-state index in [4.69, 9.17) is 23.2 Å². The smallest absolute Gasteiger partial charge is 0.280 e. The number of hydrogen-bond acceptors (Lipinski definition) is 5. The van der Waals surface area contributed by atoms with E-state index in [2.05, 4.69) is 0 Å². The van der Waals surface area contributed by atoms with Gasteiger partial charge in [-0.25, -0.2) is 0 Å². The molecule has 0 aliphatic heterocycles. The second-order valence-corrected chi connectivity index (χ2v) is 6.65. The zero-order chi connectivity index (χ0) is 21.0. The highest BCUT2D eigenvalue weighted by molar-refractivity contribution is 6.36. The number of nitro benzene ring substituents is 2. The first-order chi connectivity index (χ1) is 13.2. The van der Waals surface area contributed by atoms with Crippen LogP contribution >= 0.6 is 23.2 Å². The molecule has 1 unspecified atom stereocenters. The molecule has 2 aromatic rings. The maximum absolute atomic E-state index is 13.3. The lowest BCUT2D eigenvalue weighted by Gasteiger charge is -2.26. The normalized spacial score (nSPS) is 11.7. The van der Waals surface area contributed by atoms with Gasteiger partial charge in [0.25, 0.3) is 11.4 Å². The fourth-order valence-electron chi connectivity index (χ4n) is 2.96. The Balaban J connectivity index is 2.81. The Hall–Kier alpha value is -2.71. The Morgan fingerprint density at radius 2 is 1.61 bits per heavy atom. The minimum Gasteiger partial charge on any atom is -0.342 e. The van der Waals surface area contributed by atoms with E-state index in [1.54, 1.807) is 19.9 Å². The maximum Gasteiger partial charge on any atom is 0.280 e. The highest BCUT2D eigenvalue weighted by Gasteiger charge is 2.35. The van der Waals surface area contributed by atoms with Gasteiger partial charge in [0.05, 0.1) is 21.8 Å². The highest BCUT2D eigenvalue weighted by atomic mass is 35.5. The molecule has 0 aliphatic carbocycles. The number of likely N-dealkylation sites (N-methyl/N-ethyl adjacent to an activating group) is 1. The second kappa shape index (κ2) is 8.99. The molecule has 0 radical (unpaired) electrons. The SMILES string of the molecule is CCN(CC)C(=O)C(c1ccc([N+](=O)[O-])cc1[N+](=O)[O-])c1c(Cl)cccc1Cl. The summed E-state index contributed by atoms with van der Waals surface area (Å²) in [5.41, 5.74) is -0.785. The third-order valence-electron chi connectivity index (χ3n) is 4.34. The van der Waals surface area contributed by atoms with Gasteiger partial charge in [0.15, 0.2) is 0 Å². The molecule has 0 bridgehead atoms. The van der Waals surface area contributed by atoms with E-state index in [-0.39, 0.29) is 21.2 Å². The predicted molar refractivity (Wildman–Crippen MR) is 106 cm³/mol.